The second-order valence-corrected chi connectivity index (χ2v) is 8.63. The van der Waals surface area contributed by atoms with E-state index < -0.39 is 0 Å². The zero-order chi connectivity index (χ0) is 20.9. The fourth-order valence-electron chi connectivity index (χ4n) is 4.17. The second kappa shape index (κ2) is 9.59. The molecule has 156 valence electrons. The van der Waals surface area contributed by atoms with Gasteiger partial charge in [0.15, 0.2) is 0 Å². The Morgan fingerprint density at radius 3 is 2.07 bits per heavy atom. The average Bonchev–Trinajstić information content (AvgIpc) is 2.75. The molecule has 0 unspecified atom stereocenters. The average molecular weight is 419 g/mol. The molecular formula is C26H30N2OS. The Hall–Kier alpha value is -2.43. The largest absolute Gasteiger partial charge is 0.488 e. The van der Waals surface area contributed by atoms with E-state index in [9.17, 15) is 0 Å². The molecule has 1 fully saturated rings. The number of hydrogen-bond donors (Lipinski definition) is 1. The molecule has 0 radical (unpaired) electrons. The lowest BCUT2D eigenvalue weighted by Crippen LogP contribution is -2.45. The van der Waals surface area contributed by atoms with Gasteiger partial charge in [-0.05, 0) is 60.4 Å². The van der Waals surface area contributed by atoms with E-state index in [0.717, 1.165) is 43.4 Å². The Kier molecular flexibility index (Phi) is 6.66. The molecular weight excluding hydrogens is 388 g/mol. The monoisotopic (exact) mass is 418 g/mol. The summed E-state index contributed by atoms with van der Waals surface area (Å²) in [6.45, 7) is 10.2. The first-order valence-electron chi connectivity index (χ1n) is 10.6. The highest BCUT2D eigenvalue weighted by atomic mass is 32.1. The number of anilines is 1. The summed E-state index contributed by atoms with van der Waals surface area (Å²) >= 11 is 4.38. The van der Waals surface area contributed by atoms with Gasteiger partial charge in [-0.2, -0.15) is 0 Å². The van der Waals surface area contributed by atoms with E-state index in [-0.39, 0.29) is 0 Å². The molecule has 0 saturated carbocycles. The van der Waals surface area contributed by atoms with E-state index in [2.05, 4.69) is 96.9 Å². The van der Waals surface area contributed by atoms with Gasteiger partial charge >= 0.3 is 0 Å². The van der Waals surface area contributed by atoms with Gasteiger partial charge in [-0.1, -0.05) is 42.5 Å². The zero-order valence-corrected chi connectivity index (χ0v) is 18.7. The minimum atomic E-state index is 0.609. The molecule has 0 N–H and O–H groups in total. The molecule has 0 atom stereocenters. The van der Waals surface area contributed by atoms with Crippen LogP contribution in [0.15, 0.2) is 71.6 Å². The number of hydrogen-bond acceptors (Lipinski definition) is 4. The minimum absolute atomic E-state index is 0.609. The molecule has 0 aromatic heterocycles. The summed E-state index contributed by atoms with van der Waals surface area (Å²) in [5.74, 6) is 1.01. The molecule has 3 aromatic rings. The van der Waals surface area contributed by atoms with Crippen LogP contribution < -0.4 is 9.64 Å². The Balaban J connectivity index is 1.34. The van der Waals surface area contributed by atoms with Crippen molar-refractivity contribution in [1.82, 2.24) is 4.90 Å². The molecule has 1 aliphatic rings. The van der Waals surface area contributed by atoms with E-state index in [0.29, 0.717) is 6.61 Å². The highest BCUT2D eigenvalue weighted by Gasteiger charge is 2.18. The molecule has 4 heteroatoms. The maximum Gasteiger partial charge on any atom is 0.125 e. The lowest BCUT2D eigenvalue weighted by atomic mass is 10.0. The molecule has 3 nitrogen and oxygen atoms in total. The van der Waals surface area contributed by atoms with Crippen molar-refractivity contribution >= 4 is 18.3 Å². The van der Waals surface area contributed by atoms with Crippen LogP contribution >= 0.6 is 12.6 Å². The van der Waals surface area contributed by atoms with E-state index in [1.807, 2.05) is 6.07 Å². The third kappa shape index (κ3) is 5.18. The normalized spacial score (nSPS) is 14.7. The number of benzene rings is 3. The van der Waals surface area contributed by atoms with Crippen LogP contribution in [0.5, 0.6) is 5.75 Å². The molecule has 0 spiro atoms. The predicted octanol–water partition coefficient (Wildman–Crippen LogP) is 5.49. The summed E-state index contributed by atoms with van der Waals surface area (Å²) in [7, 11) is 0. The lowest BCUT2D eigenvalue weighted by molar-refractivity contribution is 0.249. The van der Waals surface area contributed by atoms with Gasteiger partial charge in [-0.3, -0.25) is 4.90 Å². The number of piperazine rings is 1. The number of rotatable bonds is 6. The fraction of sp³-hybridized carbons (Fsp3) is 0.308. The first-order chi connectivity index (χ1) is 14.6. The molecule has 3 aromatic carbocycles. The van der Waals surface area contributed by atoms with Crippen LogP contribution in [0.4, 0.5) is 5.69 Å². The van der Waals surface area contributed by atoms with Gasteiger partial charge in [-0.25, -0.2) is 0 Å². The molecule has 0 amide bonds. The van der Waals surface area contributed by atoms with Gasteiger partial charge in [0, 0.05) is 43.3 Å². The van der Waals surface area contributed by atoms with Gasteiger partial charge in [0.05, 0.1) is 0 Å². The molecule has 1 saturated heterocycles. The highest BCUT2D eigenvalue weighted by Crippen LogP contribution is 2.27. The Bertz CT molecular complexity index is 941. The topological polar surface area (TPSA) is 15.7 Å². The standard InChI is InChI=1S/C26H30N2OS/c1-20-16-23(17-21(2)26(20)29-19-22-6-4-3-5-7-22)18-27-12-14-28(15-13-27)24-8-10-25(30)11-9-24/h3-11,16-17,30H,12-15,18-19H2,1-2H3. The first-order valence-corrected chi connectivity index (χ1v) is 11.1. The van der Waals surface area contributed by atoms with Gasteiger partial charge in [-0.15, -0.1) is 12.6 Å². The van der Waals surface area contributed by atoms with E-state index >= 15 is 0 Å². The van der Waals surface area contributed by atoms with Crippen molar-refractivity contribution in [1.29, 1.82) is 0 Å². The maximum atomic E-state index is 6.14. The van der Waals surface area contributed by atoms with Crippen molar-refractivity contribution in [2.75, 3.05) is 31.1 Å². The third-order valence-electron chi connectivity index (χ3n) is 5.74. The third-order valence-corrected chi connectivity index (χ3v) is 6.04. The van der Waals surface area contributed by atoms with Crippen LogP contribution in [0.1, 0.15) is 22.3 Å². The predicted molar refractivity (Wildman–Crippen MR) is 128 cm³/mol. The van der Waals surface area contributed by atoms with E-state index in [1.165, 1.54) is 27.9 Å². The van der Waals surface area contributed by atoms with Crippen LogP contribution in [-0.2, 0) is 13.2 Å². The summed E-state index contributed by atoms with van der Waals surface area (Å²) in [5, 5.41) is 0. The Morgan fingerprint density at radius 1 is 0.800 bits per heavy atom. The molecule has 30 heavy (non-hydrogen) atoms. The first kappa shape index (κ1) is 20.8. The Labute approximate surface area is 185 Å². The van der Waals surface area contributed by atoms with Crippen LogP contribution in [0, 0.1) is 13.8 Å². The number of thiol groups is 1. The summed E-state index contributed by atoms with van der Waals surface area (Å²) in [6.07, 6.45) is 0. The molecule has 1 heterocycles. The van der Waals surface area contributed by atoms with Crippen molar-refractivity contribution in [2.45, 2.75) is 31.9 Å². The molecule has 4 rings (SSSR count). The molecule has 1 aliphatic heterocycles. The quantitative estimate of drug-likeness (QED) is 0.533. The van der Waals surface area contributed by atoms with Crippen molar-refractivity contribution < 1.29 is 4.74 Å². The second-order valence-electron chi connectivity index (χ2n) is 8.11. The fourth-order valence-corrected chi connectivity index (χ4v) is 4.32. The van der Waals surface area contributed by atoms with Crippen molar-refractivity contribution in [3.8, 4) is 5.75 Å². The molecule has 0 bridgehead atoms. The number of aryl methyl sites for hydroxylation is 2. The van der Waals surface area contributed by atoms with Crippen LogP contribution in [0.3, 0.4) is 0 Å². The maximum absolute atomic E-state index is 6.14. The van der Waals surface area contributed by atoms with Gasteiger partial charge in [0.25, 0.3) is 0 Å². The number of nitrogens with zero attached hydrogens (tertiary/aromatic N) is 2. The van der Waals surface area contributed by atoms with E-state index in [1.54, 1.807) is 0 Å². The van der Waals surface area contributed by atoms with Crippen LogP contribution in [-0.4, -0.2) is 31.1 Å². The summed E-state index contributed by atoms with van der Waals surface area (Å²) in [6, 6.07) is 23.4. The van der Waals surface area contributed by atoms with Crippen LogP contribution in [0.2, 0.25) is 0 Å². The van der Waals surface area contributed by atoms with Crippen molar-refractivity contribution in [3.63, 3.8) is 0 Å². The minimum Gasteiger partial charge on any atom is -0.488 e. The summed E-state index contributed by atoms with van der Waals surface area (Å²) < 4.78 is 6.14. The van der Waals surface area contributed by atoms with E-state index in [4.69, 9.17) is 4.74 Å². The van der Waals surface area contributed by atoms with Gasteiger partial charge in [0.2, 0.25) is 0 Å². The Morgan fingerprint density at radius 2 is 1.43 bits per heavy atom. The zero-order valence-electron chi connectivity index (χ0n) is 17.8. The van der Waals surface area contributed by atoms with Crippen molar-refractivity contribution in [2.24, 2.45) is 0 Å². The van der Waals surface area contributed by atoms with Gasteiger partial charge < -0.3 is 9.64 Å². The highest BCUT2D eigenvalue weighted by molar-refractivity contribution is 7.80. The summed E-state index contributed by atoms with van der Waals surface area (Å²) in [5.41, 5.74) is 6.28. The number of ether oxygens (including phenoxy) is 1. The lowest BCUT2D eigenvalue weighted by Gasteiger charge is -2.36. The van der Waals surface area contributed by atoms with Gasteiger partial charge in [0.1, 0.15) is 12.4 Å². The molecule has 0 aliphatic carbocycles. The smallest absolute Gasteiger partial charge is 0.125 e. The van der Waals surface area contributed by atoms with Crippen LogP contribution in [0.25, 0.3) is 0 Å². The SMILES string of the molecule is Cc1cc(CN2CCN(c3ccc(S)cc3)CC2)cc(C)c1OCc1ccccc1. The van der Waals surface area contributed by atoms with Crippen molar-refractivity contribution in [3.05, 3.63) is 89.0 Å². The summed E-state index contributed by atoms with van der Waals surface area (Å²) in [4.78, 5) is 6.02.